The Morgan fingerprint density at radius 2 is 0.625 bits per heavy atom. The van der Waals surface area contributed by atoms with Crippen molar-refractivity contribution in [2.24, 2.45) is 0 Å². The second-order valence-corrected chi connectivity index (χ2v) is 13.5. The van der Waals surface area contributed by atoms with Crippen LogP contribution in [-0.4, -0.2) is 37.1 Å². The molecule has 0 saturated carbocycles. The van der Waals surface area contributed by atoms with Crippen LogP contribution in [0.15, 0.2) is 72.8 Å². The van der Waals surface area contributed by atoms with E-state index in [0.29, 0.717) is 0 Å². The maximum atomic E-state index is 9.51. The first-order chi connectivity index (χ1) is 10.6. The Kier molecular flexibility index (Phi) is 8.21. The summed E-state index contributed by atoms with van der Waals surface area (Å²) >= 11 is -2.48. The molecule has 3 rings (SSSR count). The first kappa shape index (κ1) is 20.9. The Balaban J connectivity index is 0.00000144. The molecule has 6 heteroatoms. The fourth-order valence-electron chi connectivity index (χ4n) is 2.25. The van der Waals surface area contributed by atoms with Crippen LogP contribution in [0.25, 0.3) is 0 Å². The Bertz CT molecular complexity index is 652. The number of rotatable bonds is 3. The summed E-state index contributed by atoms with van der Waals surface area (Å²) in [5, 5.41) is 28.5. The molecule has 0 aliphatic rings. The predicted molar refractivity (Wildman–Crippen MR) is 89.0 cm³/mol. The first-order valence-electron chi connectivity index (χ1n) is 6.81. The molecule has 0 spiro atoms. The molecular formula is C18H15BiBr2O3. The average Bonchev–Trinajstić information content (AvgIpc) is 2.53. The average molecular weight is 648 g/mol. The van der Waals surface area contributed by atoms with Gasteiger partial charge in [0.15, 0.2) is 0 Å². The number of benzene rings is 3. The van der Waals surface area contributed by atoms with E-state index in [9.17, 15) is 15.3 Å². The van der Waals surface area contributed by atoms with Crippen LogP contribution < -0.4 is 43.8 Å². The molecule has 0 unspecified atom stereocenters. The Morgan fingerprint density at radius 3 is 0.833 bits per heavy atom. The van der Waals surface area contributed by atoms with Gasteiger partial charge in [-0.3, -0.25) is 0 Å². The van der Waals surface area contributed by atoms with E-state index in [2.05, 4.69) is 0 Å². The molecule has 0 atom stereocenters. The summed E-state index contributed by atoms with van der Waals surface area (Å²) in [4.78, 5) is 0. The van der Waals surface area contributed by atoms with Gasteiger partial charge in [-0.1, -0.05) is 0 Å². The topological polar surface area (TPSA) is 60.7 Å². The zero-order valence-electron chi connectivity index (χ0n) is 12.5. The van der Waals surface area contributed by atoms with Gasteiger partial charge in [-0.15, -0.1) is 0 Å². The zero-order valence-corrected chi connectivity index (χ0v) is 19.1. The molecule has 3 aromatic carbocycles. The van der Waals surface area contributed by atoms with Crippen LogP contribution in [0, 0.1) is 0 Å². The van der Waals surface area contributed by atoms with E-state index in [1.165, 1.54) is 9.81 Å². The van der Waals surface area contributed by atoms with E-state index >= 15 is 0 Å². The van der Waals surface area contributed by atoms with E-state index in [0.717, 1.165) is 0 Å². The predicted octanol–water partition coefficient (Wildman–Crippen LogP) is -4.67. The second-order valence-electron chi connectivity index (χ2n) is 4.88. The Morgan fingerprint density at radius 1 is 0.417 bits per heavy atom. The van der Waals surface area contributed by atoms with Gasteiger partial charge in [0.05, 0.1) is 0 Å². The van der Waals surface area contributed by atoms with E-state index < -0.39 is 21.8 Å². The minimum absolute atomic E-state index is 0. The van der Waals surface area contributed by atoms with Crippen LogP contribution >= 0.6 is 0 Å². The molecule has 0 radical (unpaired) electrons. The fraction of sp³-hybridized carbons (Fsp3) is 0. The van der Waals surface area contributed by atoms with Gasteiger partial charge < -0.3 is 34.0 Å². The smallest absolute Gasteiger partial charge is 1.00 e. The molecule has 0 amide bonds. The summed E-state index contributed by atoms with van der Waals surface area (Å²) in [6, 6.07) is 22.0. The molecular weight excluding hydrogens is 633 g/mol. The minimum Gasteiger partial charge on any atom is -1.00 e. The van der Waals surface area contributed by atoms with Crippen molar-refractivity contribution < 1.29 is 49.3 Å². The molecule has 0 bridgehead atoms. The van der Waals surface area contributed by atoms with Gasteiger partial charge in [0.1, 0.15) is 0 Å². The van der Waals surface area contributed by atoms with Crippen molar-refractivity contribution in [1.29, 1.82) is 0 Å². The molecule has 3 aromatic rings. The van der Waals surface area contributed by atoms with Gasteiger partial charge in [0.2, 0.25) is 0 Å². The molecule has 3 N–H and O–H groups in total. The summed E-state index contributed by atoms with van der Waals surface area (Å²) in [6.45, 7) is 0. The molecule has 0 aliphatic heterocycles. The van der Waals surface area contributed by atoms with Gasteiger partial charge in [-0.2, -0.15) is 0 Å². The Labute approximate surface area is 169 Å². The van der Waals surface area contributed by atoms with Crippen molar-refractivity contribution in [3.05, 3.63) is 72.8 Å². The van der Waals surface area contributed by atoms with E-state index in [-0.39, 0.29) is 51.2 Å². The molecule has 3 nitrogen and oxygen atoms in total. The van der Waals surface area contributed by atoms with Crippen molar-refractivity contribution in [2.45, 2.75) is 0 Å². The summed E-state index contributed by atoms with van der Waals surface area (Å²) < 4.78 is 3.68. The number of hydrogen-bond acceptors (Lipinski definition) is 3. The monoisotopic (exact) mass is 646 g/mol. The summed E-state index contributed by atoms with van der Waals surface area (Å²) in [5.74, 6) is 0.761. The van der Waals surface area contributed by atoms with Gasteiger partial charge in [-0.05, 0) is 0 Å². The maximum absolute atomic E-state index is 9.51. The summed E-state index contributed by atoms with van der Waals surface area (Å²) in [6.07, 6.45) is 0. The molecule has 0 heterocycles. The first-order valence-corrected chi connectivity index (χ1v) is 12.0. The number of halogens is 2. The maximum Gasteiger partial charge on any atom is -1.00 e. The van der Waals surface area contributed by atoms with Crippen molar-refractivity contribution in [3.8, 4) is 17.2 Å². The van der Waals surface area contributed by atoms with Crippen LogP contribution in [0.1, 0.15) is 0 Å². The number of aromatic hydroxyl groups is 3. The third-order valence-electron chi connectivity index (χ3n) is 3.32. The van der Waals surface area contributed by atoms with Crippen LogP contribution in [-0.2, 0) is 0 Å². The molecule has 124 valence electrons. The number of phenols is 3. The van der Waals surface area contributed by atoms with E-state index in [1.807, 2.05) is 36.4 Å². The van der Waals surface area contributed by atoms with E-state index in [4.69, 9.17) is 0 Å². The normalized spacial score (nSPS) is 9.50. The fourth-order valence-corrected chi connectivity index (χ4v) is 10.9. The molecule has 0 aromatic heterocycles. The summed E-state index contributed by atoms with van der Waals surface area (Å²) in [5.41, 5.74) is 0. The Hall–Kier alpha value is -1.10. The molecule has 0 saturated heterocycles. The largest absolute Gasteiger partial charge is 1.00 e. The van der Waals surface area contributed by atoms with Crippen LogP contribution in [0.4, 0.5) is 0 Å². The number of hydrogen-bond donors (Lipinski definition) is 3. The van der Waals surface area contributed by atoms with Crippen molar-refractivity contribution in [3.63, 3.8) is 0 Å². The van der Waals surface area contributed by atoms with Gasteiger partial charge >= 0.3 is 137 Å². The van der Waals surface area contributed by atoms with Gasteiger partial charge in [-0.25, -0.2) is 0 Å². The molecule has 0 aliphatic carbocycles. The van der Waals surface area contributed by atoms with Crippen LogP contribution in [0.5, 0.6) is 17.2 Å². The standard InChI is InChI=1S/3C6H5O.Bi.2BrH/c3*7-6-4-2-1-3-5-6;;;/h3*2-5,7H;;2*1H/q;;;+2;;/p-2. The number of phenolic OH excluding ortho intramolecular Hbond substituents is 3. The van der Waals surface area contributed by atoms with Gasteiger partial charge in [0.25, 0.3) is 0 Å². The molecule has 0 fully saturated rings. The molecule has 24 heavy (non-hydrogen) atoms. The summed E-state index contributed by atoms with van der Waals surface area (Å²) in [7, 11) is 0. The SMILES string of the molecule is Oc1cc[c]([Bi+2]([c]2ccc(O)cc2)[c]2ccc(O)cc2)cc1.[Br-].[Br-]. The second kappa shape index (κ2) is 9.40. The minimum atomic E-state index is -2.48. The zero-order chi connectivity index (χ0) is 15.5. The third kappa shape index (κ3) is 4.95. The van der Waals surface area contributed by atoms with Gasteiger partial charge in [0, 0.05) is 0 Å². The third-order valence-corrected chi connectivity index (χ3v) is 12.8. The quantitative estimate of drug-likeness (QED) is 0.251. The van der Waals surface area contributed by atoms with Crippen molar-refractivity contribution >= 4 is 31.6 Å². The van der Waals surface area contributed by atoms with Crippen molar-refractivity contribution in [2.75, 3.05) is 0 Å². The van der Waals surface area contributed by atoms with E-state index in [1.54, 1.807) is 36.4 Å². The van der Waals surface area contributed by atoms with Crippen LogP contribution in [0.2, 0.25) is 0 Å². The van der Waals surface area contributed by atoms with Crippen molar-refractivity contribution in [1.82, 2.24) is 0 Å². The van der Waals surface area contributed by atoms with Crippen LogP contribution in [0.3, 0.4) is 0 Å².